The Kier molecular flexibility index (Phi) is 4.47. The van der Waals surface area contributed by atoms with Crippen LogP contribution in [0.15, 0.2) is 23.2 Å². The number of ether oxygens (including phenoxy) is 1. The SMILES string of the molecule is CCn1ccc(C(=O)N2CCCC(OCc3ncon3)C2)n1. The van der Waals surface area contributed by atoms with Crippen molar-refractivity contribution >= 4 is 5.91 Å². The second-order valence-electron chi connectivity index (χ2n) is 5.23. The summed E-state index contributed by atoms with van der Waals surface area (Å²) in [6, 6.07) is 1.76. The van der Waals surface area contributed by atoms with E-state index < -0.39 is 0 Å². The first kappa shape index (κ1) is 14.7. The molecule has 0 bridgehead atoms. The van der Waals surface area contributed by atoms with Crippen LogP contribution in [0.5, 0.6) is 0 Å². The van der Waals surface area contributed by atoms with Gasteiger partial charge < -0.3 is 14.2 Å². The average molecular weight is 305 g/mol. The molecule has 2 aromatic heterocycles. The molecule has 1 unspecified atom stereocenters. The number of carbonyl (C=O) groups excluding carboxylic acids is 1. The molecule has 1 aliphatic rings. The third-order valence-corrected chi connectivity index (χ3v) is 3.70. The topological polar surface area (TPSA) is 86.3 Å². The van der Waals surface area contributed by atoms with Crippen molar-refractivity contribution in [2.75, 3.05) is 13.1 Å². The van der Waals surface area contributed by atoms with Crippen LogP contribution in [0.1, 0.15) is 36.1 Å². The van der Waals surface area contributed by atoms with Crippen molar-refractivity contribution in [1.29, 1.82) is 0 Å². The summed E-state index contributed by atoms with van der Waals surface area (Å²) >= 11 is 0. The summed E-state index contributed by atoms with van der Waals surface area (Å²) in [5, 5.41) is 7.98. The van der Waals surface area contributed by atoms with Crippen LogP contribution in [0.25, 0.3) is 0 Å². The Hall–Kier alpha value is -2.22. The monoisotopic (exact) mass is 305 g/mol. The van der Waals surface area contributed by atoms with Crippen molar-refractivity contribution in [1.82, 2.24) is 24.8 Å². The summed E-state index contributed by atoms with van der Waals surface area (Å²) in [6.07, 6.45) is 4.92. The molecule has 0 spiro atoms. The molecule has 0 aromatic carbocycles. The highest BCUT2D eigenvalue weighted by molar-refractivity contribution is 5.92. The minimum atomic E-state index is -0.0416. The number of aromatic nitrogens is 4. The first-order chi connectivity index (χ1) is 10.8. The van der Waals surface area contributed by atoms with Gasteiger partial charge in [-0.25, -0.2) is 0 Å². The molecule has 1 atom stereocenters. The summed E-state index contributed by atoms with van der Waals surface area (Å²) < 4.78 is 12.2. The molecule has 1 aliphatic heterocycles. The minimum Gasteiger partial charge on any atom is -0.368 e. The molecule has 2 aromatic rings. The maximum Gasteiger partial charge on any atom is 0.274 e. The van der Waals surface area contributed by atoms with Crippen molar-refractivity contribution < 1.29 is 14.1 Å². The van der Waals surface area contributed by atoms with E-state index in [1.165, 1.54) is 6.39 Å². The van der Waals surface area contributed by atoms with Gasteiger partial charge in [0.15, 0.2) is 5.82 Å². The second-order valence-corrected chi connectivity index (χ2v) is 5.23. The fourth-order valence-electron chi connectivity index (χ4n) is 2.52. The predicted octanol–water partition coefficient (Wildman–Crippen LogP) is 1.11. The van der Waals surface area contributed by atoms with E-state index in [9.17, 15) is 4.79 Å². The Morgan fingerprint density at radius 1 is 1.55 bits per heavy atom. The number of likely N-dealkylation sites (tertiary alicyclic amines) is 1. The Morgan fingerprint density at radius 3 is 3.18 bits per heavy atom. The van der Waals surface area contributed by atoms with Crippen LogP contribution in [0.4, 0.5) is 0 Å². The highest BCUT2D eigenvalue weighted by Crippen LogP contribution is 2.16. The van der Waals surface area contributed by atoms with Gasteiger partial charge in [-0.05, 0) is 25.8 Å². The number of hydrogen-bond acceptors (Lipinski definition) is 6. The van der Waals surface area contributed by atoms with E-state index in [1.807, 2.05) is 13.1 Å². The zero-order valence-electron chi connectivity index (χ0n) is 12.5. The molecule has 8 nitrogen and oxygen atoms in total. The summed E-state index contributed by atoms with van der Waals surface area (Å²) in [5.41, 5.74) is 0.487. The summed E-state index contributed by atoms with van der Waals surface area (Å²) in [6.45, 7) is 4.34. The number of rotatable bonds is 5. The van der Waals surface area contributed by atoms with E-state index >= 15 is 0 Å². The molecular formula is C14H19N5O3. The highest BCUT2D eigenvalue weighted by Gasteiger charge is 2.26. The fourth-order valence-corrected chi connectivity index (χ4v) is 2.52. The van der Waals surface area contributed by atoms with Gasteiger partial charge in [0.05, 0.1) is 6.10 Å². The van der Waals surface area contributed by atoms with Crippen LogP contribution >= 0.6 is 0 Å². The number of piperidine rings is 1. The lowest BCUT2D eigenvalue weighted by molar-refractivity contribution is -0.00978. The average Bonchev–Trinajstić information content (AvgIpc) is 3.24. The van der Waals surface area contributed by atoms with Gasteiger partial charge in [0.25, 0.3) is 5.91 Å². The summed E-state index contributed by atoms with van der Waals surface area (Å²) in [7, 11) is 0. The molecule has 3 rings (SSSR count). The fraction of sp³-hybridized carbons (Fsp3) is 0.571. The zero-order chi connectivity index (χ0) is 15.4. The number of carbonyl (C=O) groups is 1. The maximum absolute atomic E-state index is 12.5. The predicted molar refractivity (Wildman–Crippen MR) is 75.9 cm³/mol. The van der Waals surface area contributed by atoms with Crippen molar-refractivity contribution in [3.05, 3.63) is 30.2 Å². The first-order valence-electron chi connectivity index (χ1n) is 7.46. The summed E-state index contributed by atoms with van der Waals surface area (Å²) in [5.74, 6) is 0.477. The quantitative estimate of drug-likeness (QED) is 0.822. The normalized spacial score (nSPS) is 18.6. The van der Waals surface area contributed by atoms with Crippen molar-refractivity contribution in [3.8, 4) is 0 Å². The Bertz CT molecular complexity index is 610. The molecule has 0 radical (unpaired) electrons. The molecule has 1 fully saturated rings. The molecule has 1 saturated heterocycles. The lowest BCUT2D eigenvalue weighted by Gasteiger charge is -2.32. The van der Waals surface area contributed by atoms with Crippen LogP contribution < -0.4 is 0 Å². The van der Waals surface area contributed by atoms with E-state index in [-0.39, 0.29) is 12.0 Å². The van der Waals surface area contributed by atoms with Gasteiger partial charge >= 0.3 is 0 Å². The van der Waals surface area contributed by atoms with E-state index in [1.54, 1.807) is 15.6 Å². The third-order valence-electron chi connectivity index (χ3n) is 3.70. The van der Waals surface area contributed by atoms with Crippen molar-refractivity contribution in [2.45, 2.75) is 39.0 Å². The number of hydrogen-bond donors (Lipinski definition) is 0. The summed E-state index contributed by atoms with van der Waals surface area (Å²) in [4.78, 5) is 18.2. The largest absolute Gasteiger partial charge is 0.368 e. The number of amides is 1. The standard InChI is InChI=1S/C14H19N5O3/c1-2-19-7-5-12(16-19)14(20)18-6-3-4-11(8-18)21-9-13-15-10-22-17-13/h5,7,10-11H,2-4,6,8-9H2,1H3. The molecule has 3 heterocycles. The molecular weight excluding hydrogens is 286 g/mol. The molecule has 8 heteroatoms. The number of nitrogens with zero attached hydrogens (tertiary/aromatic N) is 5. The van der Waals surface area contributed by atoms with Crippen molar-refractivity contribution in [3.63, 3.8) is 0 Å². The first-order valence-corrected chi connectivity index (χ1v) is 7.46. The van der Waals surface area contributed by atoms with Gasteiger partial charge in [0.2, 0.25) is 6.39 Å². The van der Waals surface area contributed by atoms with Crippen molar-refractivity contribution in [2.24, 2.45) is 0 Å². The molecule has 22 heavy (non-hydrogen) atoms. The second kappa shape index (κ2) is 6.69. The molecule has 0 aliphatic carbocycles. The smallest absolute Gasteiger partial charge is 0.274 e. The van der Waals surface area contributed by atoms with Crippen LogP contribution in [-0.2, 0) is 17.9 Å². The molecule has 118 valence electrons. The minimum absolute atomic E-state index is 0.00976. The Labute approximate surface area is 128 Å². The van der Waals surface area contributed by atoms with E-state index in [4.69, 9.17) is 4.74 Å². The Balaban J connectivity index is 1.56. The molecule has 1 amide bonds. The maximum atomic E-state index is 12.5. The van der Waals surface area contributed by atoms with Crippen LogP contribution in [-0.4, -0.2) is 49.9 Å². The van der Waals surface area contributed by atoms with E-state index in [0.29, 0.717) is 24.7 Å². The van der Waals surface area contributed by atoms with Gasteiger partial charge in [-0.1, -0.05) is 5.16 Å². The van der Waals surface area contributed by atoms with Gasteiger partial charge in [-0.15, -0.1) is 0 Å². The van der Waals surface area contributed by atoms with E-state index in [2.05, 4.69) is 19.8 Å². The van der Waals surface area contributed by atoms with Crippen LogP contribution in [0, 0.1) is 0 Å². The van der Waals surface area contributed by atoms with Gasteiger partial charge in [0, 0.05) is 25.8 Å². The molecule has 0 saturated carbocycles. The third kappa shape index (κ3) is 3.33. The van der Waals surface area contributed by atoms with Gasteiger partial charge in [0.1, 0.15) is 12.3 Å². The Morgan fingerprint density at radius 2 is 2.45 bits per heavy atom. The van der Waals surface area contributed by atoms with Gasteiger partial charge in [-0.2, -0.15) is 10.1 Å². The van der Waals surface area contributed by atoms with E-state index in [0.717, 1.165) is 25.9 Å². The van der Waals surface area contributed by atoms with Crippen LogP contribution in [0.2, 0.25) is 0 Å². The highest BCUT2D eigenvalue weighted by atomic mass is 16.5. The lowest BCUT2D eigenvalue weighted by Crippen LogP contribution is -2.43. The zero-order valence-corrected chi connectivity index (χ0v) is 12.5. The van der Waals surface area contributed by atoms with Crippen LogP contribution in [0.3, 0.4) is 0 Å². The lowest BCUT2D eigenvalue weighted by atomic mass is 10.1. The molecule has 0 N–H and O–H groups in total. The number of aryl methyl sites for hydroxylation is 1. The van der Waals surface area contributed by atoms with Gasteiger partial charge in [-0.3, -0.25) is 9.48 Å².